The van der Waals surface area contributed by atoms with Gasteiger partial charge in [-0.3, -0.25) is 0 Å². The molecule has 2 atom stereocenters. The zero-order valence-corrected chi connectivity index (χ0v) is 8.25. The number of aliphatic imine (C=N–C) groups is 1. The Morgan fingerprint density at radius 3 is 3.15 bits per heavy atom. The Labute approximate surface area is 79.6 Å². The summed E-state index contributed by atoms with van der Waals surface area (Å²) >= 11 is 0. The van der Waals surface area contributed by atoms with E-state index in [1.165, 1.54) is 12.8 Å². The van der Waals surface area contributed by atoms with E-state index >= 15 is 0 Å². The van der Waals surface area contributed by atoms with Crippen LogP contribution in [0.15, 0.2) is 4.99 Å². The summed E-state index contributed by atoms with van der Waals surface area (Å²) in [5, 5.41) is 3.46. The number of ether oxygens (including phenoxy) is 1. The summed E-state index contributed by atoms with van der Waals surface area (Å²) in [5.74, 6) is 0.978. The molecule has 0 spiro atoms. The van der Waals surface area contributed by atoms with Crippen LogP contribution in [0, 0.1) is 0 Å². The molecule has 1 saturated heterocycles. The minimum Gasteiger partial charge on any atom is -0.479 e. The molecule has 0 aliphatic carbocycles. The fourth-order valence-electron chi connectivity index (χ4n) is 1.93. The second kappa shape index (κ2) is 4.09. The van der Waals surface area contributed by atoms with Crippen LogP contribution in [-0.2, 0) is 4.74 Å². The predicted molar refractivity (Wildman–Crippen MR) is 53.1 cm³/mol. The molecule has 2 aliphatic rings. The predicted octanol–water partition coefficient (Wildman–Crippen LogP) is 1.34. The van der Waals surface area contributed by atoms with Crippen LogP contribution in [-0.4, -0.2) is 31.1 Å². The Balaban J connectivity index is 1.81. The normalized spacial score (nSPS) is 33.2. The highest BCUT2D eigenvalue weighted by Gasteiger charge is 2.22. The minimum absolute atomic E-state index is 0.427. The lowest BCUT2D eigenvalue weighted by molar-refractivity contribution is 0.304. The molecule has 1 N–H and O–H groups in total. The lowest BCUT2D eigenvalue weighted by Crippen LogP contribution is -2.24. The molecule has 13 heavy (non-hydrogen) atoms. The number of nitrogens with zero attached hydrogens (tertiary/aromatic N) is 1. The highest BCUT2D eigenvalue weighted by molar-refractivity contribution is 5.78. The summed E-state index contributed by atoms with van der Waals surface area (Å²) in [6.07, 6.45) is 4.67. The van der Waals surface area contributed by atoms with E-state index in [0.29, 0.717) is 12.1 Å². The van der Waals surface area contributed by atoms with Crippen LogP contribution in [0.25, 0.3) is 0 Å². The minimum atomic E-state index is 0.427. The van der Waals surface area contributed by atoms with Crippen molar-refractivity contribution in [1.29, 1.82) is 0 Å². The SMILES string of the molecule is CCC1COC(CC2CCCN2)=N1. The van der Waals surface area contributed by atoms with Crippen molar-refractivity contribution in [3.05, 3.63) is 0 Å². The van der Waals surface area contributed by atoms with Crippen LogP contribution >= 0.6 is 0 Å². The first-order valence-corrected chi connectivity index (χ1v) is 5.31. The van der Waals surface area contributed by atoms with Crippen LogP contribution in [0.1, 0.15) is 32.6 Å². The van der Waals surface area contributed by atoms with E-state index in [1.54, 1.807) is 0 Å². The van der Waals surface area contributed by atoms with E-state index in [0.717, 1.165) is 31.9 Å². The summed E-state index contributed by atoms with van der Waals surface area (Å²) < 4.78 is 5.53. The molecule has 2 rings (SSSR count). The Morgan fingerprint density at radius 1 is 1.62 bits per heavy atom. The van der Waals surface area contributed by atoms with Crippen LogP contribution < -0.4 is 5.32 Å². The number of nitrogens with one attached hydrogen (secondary N) is 1. The number of hydrogen-bond donors (Lipinski definition) is 1. The number of rotatable bonds is 3. The van der Waals surface area contributed by atoms with Gasteiger partial charge in [0.25, 0.3) is 0 Å². The molecule has 2 heterocycles. The van der Waals surface area contributed by atoms with Crippen molar-refractivity contribution in [3.63, 3.8) is 0 Å². The molecule has 0 aromatic rings. The number of hydrogen-bond acceptors (Lipinski definition) is 3. The van der Waals surface area contributed by atoms with Gasteiger partial charge >= 0.3 is 0 Å². The maximum atomic E-state index is 5.53. The summed E-state index contributed by atoms with van der Waals surface area (Å²) in [4.78, 5) is 4.52. The van der Waals surface area contributed by atoms with Crippen molar-refractivity contribution in [2.75, 3.05) is 13.2 Å². The third-order valence-corrected chi connectivity index (χ3v) is 2.82. The molecule has 0 saturated carbocycles. The van der Waals surface area contributed by atoms with Crippen LogP contribution in [0.5, 0.6) is 0 Å². The molecular weight excluding hydrogens is 164 g/mol. The highest BCUT2D eigenvalue weighted by Crippen LogP contribution is 2.15. The van der Waals surface area contributed by atoms with Gasteiger partial charge in [0.05, 0.1) is 6.04 Å². The first kappa shape index (κ1) is 9.00. The smallest absolute Gasteiger partial charge is 0.185 e. The molecule has 3 nitrogen and oxygen atoms in total. The summed E-state index contributed by atoms with van der Waals surface area (Å²) in [5.41, 5.74) is 0. The van der Waals surface area contributed by atoms with Gasteiger partial charge in [0, 0.05) is 12.5 Å². The molecule has 74 valence electrons. The Hall–Kier alpha value is -0.570. The Kier molecular flexibility index (Phi) is 2.83. The average molecular weight is 182 g/mol. The van der Waals surface area contributed by atoms with Crippen LogP contribution in [0.4, 0.5) is 0 Å². The van der Waals surface area contributed by atoms with E-state index < -0.39 is 0 Å². The molecule has 2 unspecified atom stereocenters. The zero-order chi connectivity index (χ0) is 9.10. The maximum absolute atomic E-state index is 5.53. The largest absolute Gasteiger partial charge is 0.479 e. The van der Waals surface area contributed by atoms with E-state index in [1.807, 2.05) is 0 Å². The molecule has 0 bridgehead atoms. The first-order valence-electron chi connectivity index (χ1n) is 5.31. The van der Waals surface area contributed by atoms with Gasteiger partial charge in [-0.05, 0) is 25.8 Å². The molecule has 0 aromatic carbocycles. The van der Waals surface area contributed by atoms with E-state index in [9.17, 15) is 0 Å². The quantitative estimate of drug-likeness (QED) is 0.714. The second-order valence-corrected chi connectivity index (χ2v) is 3.89. The van der Waals surface area contributed by atoms with Crippen LogP contribution in [0.3, 0.4) is 0 Å². The molecule has 3 heteroatoms. The van der Waals surface area contributed by atoms with Gasteiger partial charge in [-0.1, -0.05) is 6.92 Å². The molecule has 0 amide bonds. The topological polar surface area (TPSA) is 33.6 Å². The highest BCUT2D eigenvalue weighted by atomic mass is 16.5. The van der Waals surface area contributed by atoms with Crippen LogP contribution in [0.2, 0.25) is 0 Å². The Bertz CT molecular complexity index is 197. The third-order valence-electron chi connectivity index (χ3n) is 2.82. The van der Waals surface area contributed by atoms with Crippen molar-refractivity contribution in [1.82, 2.24) is 5.32 Å². The zero-order valence-electron chi connectivity index (χ0n) is 8.25. The van der Waals surface area contributed by atoms with E-state index in [4.69, 9.17) is 4.74 Å². The molecule has 2 aliphatic heterocycles. The van der Waals surface area contributed by atoms with Gasteiger partial charge in [-0.2, -0.15) is 0 Å². The Morgan fingerprint density at radius 2 is 2.54 bits per heavy atom. The molecule has 0 aromatic heterocycles. The summed E-state index contributed by atoms with van der Waals surface area (Å²) in [6, 6.07) is 1.05. The first-order chi connectivity index (χ1) is 6.38. The van der Waals surface area contributed by atoms with E-state index in [2.05, 4.69) is 17.2 Å². The van der Waals surface area contributed by atoms with Gasteiger partial charge in [0.1, 0.15) is 6.61 Å². The van der Waals surface area contributed by atoms with Gasteiger partial charge in [0.15, 0.2) is 5.90 Å². The standard InChI is InChI=1S/C10H18N2O/c1-2-8-7-13-10(12-8)6-9-4-3-5-11-9/h8-9,11H,2-7H2,1H3. The van der Waals surface area contributed by atoms with Gasteiger partial charge in [-0.25, -0.2) is 4.99 Å². The van der Waals surface area contributed by atoms with Gasteiger partial charge in [-0.15, -0.1) is 0 Å². The van der Waals surface area contributed by atoms with Crippen molar-refractivity contribution >= 4 is 5.90 Å². The van der Waals surface area contributed by atoms with Crippen molar-refractivity contribution < 1.29 is 4.74 Å². The van der Waals surface area contributed by atoms with Gasteiger partial charge in [0.2, 0.25) is 0 Å². The molecular formula is C10H18N2O. The summed E-state index contributed by atoms with van der Waals surface area (Å²) in [6.45, 7) is 4.13. The van der Waals surface area contributed by atoms with Crippen molar-refractivity contribution in [2.45, 2.75) is 44.7 Å². The maximum Gasteiger partial charge on any atom is 0.185 e. The summed E-state index contributed by atoms with van der Waals surface area (Å²) in [7, 11) is 0. The van der Waals surface area contributed by atoms with Crippen molar-refractivity contribution in [2.24, 2.45) is 4.99 Å². The second-order valence-electron chi connectivity index (χ2n) is 3.89. The lowest BCUT2D eigenvalue weighted by atomic mass is 10.1. The average Bonchev–Trinajstić information content (AvgIpc) is 2.76. The fourth-order valence-corrected chi connectivity index (χ4v) is 1.93. The van der Waals surface area contributed by atoms with E-state index in [-0.39, 0.29) is 0 Å². The monoisotopic (exact) mass is 182 g/mol. The van der Waals surface area contributed by atoms with Gasteiger partial charge < -0.3 is 10.1 Å². The lowest BCUT2D eigenvalue weighted by Gasteiger charge is -2.08. The fraction of sp³-hybridized carbons (Fsp3) is 0.900. The van der Waals surface area contributed by atoms with Crippen molar-refractivity contribution in [3.8, 4) is 0 Å². The molecule has 1 fully saturated rings. The molecule has 0 radical (unpaired) electrons. The third kappa shape index (κ3) is 2.21.